The topological polar surface area (TPSA) is 241 Å². The first-order chi connectivity index (χ1) is 15.0. The van der Waals surface area contributed by atoms with E-state index in [2.05, 4.69) is 33.6 Å². The third kappa shape index (κ3) is 12.3. The largest absolute Gasteiger partial charge is 0.480 e. The summed E-state index contributed by atoms with van der Waals surface area (Å²) in [5.41, 5.74) is 21.8. The predicted molar refractivity (Wildman–Crippen MR) is 124 cm³/mol. The number of carbonyl (C=O) groups is 4. The Balaban J connectivity index is 4.97. The van der Waals surface area contributed by atoms with E-state index in [1.807, 2.05) is 0 Å². The fourth-order valence-electron chi connectivity index (χ4n) is 2.53. The molecule has 0 aromatic carbocycles. The van der Waals surface area contributed by atoms with E-state index in [1.54, 1.807) is 0 Å². The number of carbonyl (C=O) groups excluding carboxylic acids is 3. The molecule has 0 aliphatic heterocycles. The van der Waals surface area contributed by atoms with Crippen LogP contribution < -0.4 is 38.9 Å². The molecule has 0 saturated heterocycles. The van der Waals surface area contributed by atoms with E-state index < -0.39 is 47.9 Å². The number of thiol groups is 1. The maximum absolute atomic E-state index is 12.7. The van der Waals surface area contributed by atoms with Crippen LogP contribution in [0.15, 0.2) is 4.99 Å². The van der Waals surface area contributed by atoms with Crippen molar-refractivity contribution in [1.29, 1.82) is 0 Å². The molecule has 0 aliphatic rings. The number of carboxylic acids is 1. The molecule has 32 heavy (non-hydrogen) atoms. The molecule has 12 N–H and O–H groups in total. The number of aliphatic carboxylic acids is 1. The Morgan fingerprint density at radius 1 is 0.938 bits per heavy atom. The van der Waals surface area contributed by atoms with E-state index in [9.17, 15) is 19.2 Å². The minimum absolute atomic E-state index is 0.0407. The number of hydrogen-bond donors (Lipinski definition) is 9. The molecule has 184 valence electrons. The lowest BCUT2D eigenvalue weighted by molar-refractivity contribution is -0.141. The summed E-state index contributed by atoms with van der Waals surface area (Å²) >= 11 is 4.09. The fourth-order valence-corrected chi connectivity index (χ4v) is 2.79. The van der Waals surface area contributed by atoms with E-state index >= 15 is 0 Å². The summed E-state index contributed by atoms with van der Waals surface area (Å²) in [4.78, 5) is 52.2. The summed E-state index contributed by atoms with van der Waals surface area (Å²) in [6.45, 7) is 2.03. The molecule has 4 unspecified atom stereocenters. The van der Waals surface area contributed by atoms with Crippen molar-refractivity contribution in [2.75, 3.05) is 18.8 Å². The minimum atomic E-state index is -1.21. The molecule has 0 bridgehead atoms. The average Bonchev–Trinajstić information content (AvgIpc) is 2.73. The van der Waals surface area contributed by atoms with Crippen LogP contribution in [-0.2, 0) is 19.2 Å². The van der Waals surface area contributed by atoms with Gasteiger partial charge in [-0.1, -0.05) is 0 Å². The van der Waals surface area contributed by atoms with E-state index in [0.717, 1.165) is 0 Å². The molecule has 3 amide bonds. The van der Waals surface area contributed by atoms with Gasteiger partial charge in [0.05, 0.1) is 6.04 Å². The van der Waals surface area contributed by atoms with Crippen LogP contribution in [-0.4, -0.2) is 77.8 Å². The van der Waals surface area contributed by atoms with Gasteiger partial charge in [0.1, 0.15) is 18.1 Å². The van der Waals surface area contributed by atoms with Crippen molar-refractivity contribution < 1.29 is 24.3 Å². The number of unbranched alkanes of at least 4 members (excludes halogenated alkanes) is 1. The molecule has 0 saturated carbocycles. The van der Waals surface area contributed by atoms with Crippen LogP contribution in [0.2, 0.25) is 0 Å². The maximum Gasteiger partial charge on any atom is 0.325 e. The molecule has 0 radical (unpaired) electrons. The summed E-state index contributed by atoms with van der Waals surface area (Å²) in [5.74, 6) is -3.16. The van der Waals surface area contributed by atoms with Gasteiger partial charge in [-0.2, -0.15) is 12.6 Å². The number of carboxylic acid groups (broad SMARTS) is 1. The van der Waals surface area contributed by atoms with Crippen LogP contribution in [0.4, 0.5) is 0 Å². The SMILES string of the molecule is CC(NC(=O)C(CCCCN)NC(=O)C(CS)NC(=O)C(N)CCCN=C(N)N)C(=O)O. The smallest absolute Gasteiger partial charge is 0.325 e. The number of aliphatic imine (C=N–C) groups is 1. The number of hydrogen-bond acceptors (Lipinski definition) is 8. The summed E-state index contributed by atoms with van der Waals surface area (Å²) in [6, 6.07) is -4.06. The van der Waals surface area contributed by atoms with Crippen molar-refractivity contribution in [2.45, 2.75) is 63.2 Å². The maximum atomic E-state index is 12.7. The van der Waals surface area contributed by atoms with Gasteiger partial charge in [0.2, 0.25) is 17.7 Å². The van der Waals surface area contributed by atoms with Crippen molar-refractivity contribution in [3.05, 3.63) is 0 Å². The second-order valence-corrected chi connectivity index (χ2v) is 7.58. The Morgan fingerprint density at radius 2 is 1.53 bits per heavy atom. The highest BCUT2D eigenvalue weighted by atomic mass is 32.1. The van der Waals surface area contributed by atoms with Crippen LogP contribution in [0.5, 0.6) is 0 Å². The molecule has 13 nitrogen and oxygen atoms in total. The van der Waals surface area contributed by atoms with Crippen LogP contribution >= 0.6 is 12.6 Å². The van der Waals surface area contributed by atoms with Crippen LogP contribution in [0.1, 0.15) is 39.0 Å². The molecule has 0 heterocycles. The molecule has 0 rings (SSSR count). The first kappa shape index (κ1) is 29.4. The number of nitrogens with one attached hydrogen (secondary N) is 3. The summed E-state index contributed by atoms with van der Waals surface area (Å²) in [6.07, 6.45) is 2.17. The fraction of sp³-hybridized carbons (Fsp3) is 0.722. The number of amides is 3. The van der Waals surface area contributed by atoms with Gasteiger partial charge in [-0.25, -0.2) is 0 Å². The molecule has 0 aliphatic carbocycles. The standard InChI is InChI=1S/C18H36N8O5S/c1-10(17(30)31)24-15(28)12(6-2-3-7-19)25-16(29)13(9-32)26-14(27)11(20)5-4-8-23-18(21)22/h10-13,32H,2-9,19-20H2,1H3,(H,24,28)(H,25,29)(H,26,27)(H,30,31)(H4,21,22,23). The summed E-state index contributed by atoms with van der Waals surface area (Å²) in [7, 11) is 0. The highest BCUT2D eigenvalue weighted by molar-refractivity contribution is 7.80. The first-order valence-corrected chi connectivity index (χ1v) is 10.9. The highest BCUT2D eigenvalue weighted by Gasteiger charge is 2.28. The highest BCUT2D eigenvalue weighted by Crippen LogP contribution is 2.04. The lowest BCUT2D eigenvalue weighted by atomic mass is 10.1. The Hall–Kier alpha value is -2.58. The quantitative estimate of drug-likeness (QED) is 0.0476. The summed E-state index contributed by atoms with van der Waals surface area (Å²) < 4.78 is 0. The van der Waals surface area contributed by atoms with Crippen LogP contribution in [0.3, 0.4) is 0 Å². The van der Waals surface area contributed by atoms with E-state index in [1.165, 1.54) is 6.92 Å². The van der Waals surface area contributed by atoms with Gasteiger partial charge in [-0.15, -0.1) is 0 Å². The van der Waals surface area contributed by atoms with Gasteiger partial charge in [0.15, 0.2) is 5.96 Å². The van der Waals surface area contributed by atoms with E-state index in [4.69, 9.17) is 28.0 Å². The number of guanidine groups is 1. The van der Waals surface area contributed by atoms with Gasteiger partial charge in [-0.05, 0) is 45.6 Å². The van der Waals surface area contributed by atoms with Crippen molar-refractivity contribution in [3.8, 4) is 0 Å². The number of nitrogens with two attached hydrogens (primary N) is 4. The third-order valence-electron chi connectivity index (χ3n) is 4.43. The Kier molecular flexibility index (Phi) is 14.8. The Morgan fingerprint density at radius 3 is 2.06 bits per heavy atom. The zero-order chi connectivity index (χ0) is 24.7. The molecule has 0 aromatic heterocycles. The molecular weight excluding hydrogens is 440 g/mol. The molecule has 0 fully saturated rings. The van der Waals surface area contributed by atoms with Gasteiger partial charge in [-0.3, -0.25) is 24.2 Å². The zero-order valence-corrected chi connectivity index (χ0v) is 19.1. The molecule has 0 aromatic rings. The predicted octanol–water partition coefficient (Wildman–Crippen LogP) is -3.01. The van der Waals surface area contributed by atoms with Crippen molar-refractivity contribution >= 4 is 42.3 Å². The molecule has 14 heteroatoms. The lowest BCUT2D eigenvalue weighted by Crippen LogP contribution is -2.57. The van der Waals surface area contributed by atoms with Gasteiger partial charge in [0, 0.05) is 12.3 Å². The van der Waals surface area contributed by atoms with Gasteiger partial charge >= 0.3 is 5.97 Å². The number of rotatable bonds is 16. The van der Waals surface area contributed by atoms with Crippen LogP contribution in [0, 0.1) is 0 Å². The molecule has 4 atom stereocenters. The van der Waals surface area contributed by atoms with Crippen molar-refractivity contribution in [3.63, 3.8) is 0 Å². The monoisotopic (exact) mass is 476 g/mol. The van der Waals surface area contributed by atoms with Crippen molar-refractivity contribution in [1.82, 2.24) is 16.0 Å². The second kappa shape index (κ2) is 16.1. The number of nitrogens with zero attached hydrogens (tertiary/aromatic N) is 1. The average molecular weight is 477 g/mol. The van der Waals surface area contributed by atoms with Crippen LogP contribution in [0.25, 0.3) is 0 Å². The minimum Gasteiger partial charge on any atom is -0.480 e. The first-order valence-electron chi connectivity index (χ1n) is 10.3. The van der Waals surface area contributed by atoms with Gasteiger partial charge < -0.3 is 44.0 Å². The second-order valence-electron chi connectivity index (χ2n) is 7.21. The zero-order valence-electron chi connectivity index (χ0n) is 18.3. The van der Waals surface area contributed by atoms with E-state index in [0.29, 0.717) is 38.8 Å². The third-order valence-corrected chi connectivity index (χ3v) is 4.79. The summed E-state index contributed by atoms with van der Waals surface area (Å²) in [5, 5.41) is 16.4. The Bertz CT molecular complexity index is 659. The molecular formula is C18H36N8O5S. The molecule has 0 spiro atoms. The van der Waals surface area contributed by atoms with Crippen molar-refractivity contribution in [2.24, 2.45) is 27.9 Å². The normalized spacial score (nSPS) is 14.4. The lowest BCUT2D eigenvalue weighted by Gasteiger charge is -2.24. The van der Waals surface area contributed by atoms with E-state index in [-0.39, 0.29) is 18.1 Å². The Labute approximate surface area is 192 Å². The van der Waals surface area contributed by atoms with Gasteiger partial charge in [0.25, 0.3) is 0 Å².